The summed E-state index contributed by atoms with van der Waals surface area (Å²) in [6, 6.07) is 16.8. The second kappa shape index (κ2) is 8.37. The molecule has 0 unspecified atom stereocenters. The van der Waals surface area contributed by atoms with Gasteiger partial charge in [0.25, 0.3) is 5.56 Å². The van der Waals surface area contributed by atoms with E-state index >= 15 is 0 Å². The molecule has 2 aromatic carbocycles. The van der Waals surface area contributed by atoms with Gasteiger partial charge in [-0.1, -0.05) is 30.3 Å². The maximum absolute atomic E-state index is 13.5. The SMILES string of the molecule is COC[C@H](Cc1ccccc1)n1c(C)nc2ccc(N(C)C3CCC3)cc2c1=O. The van der Waals surface area contributed by atoms with Crippen LogP contribution in [-0.2, 0) is 11.2 Å². The first-order chi connectivity index (χ1) is 14.1. The van der Waals surface area contributed by atoms with E-state index < -0.39 is 0 Å². The molecule has 29 heavy (non-hydrogen) atoms. The third-order valence-corrected chi connectivity index (χ3v) is 6.13. The predicted octanol–water partition coefficient (Wildman–Crippen LogP) is 4.12. The van der Waals surface area contributed by atoms with Crippen LogP contribution in [-0.4, -0.2) is 36.4 Å². The molecule has 0 radical (unpaired) electrons. The van der Waals surface area contributed by atoms with E-state index in [9.17, 15) is 4.79 Å². The third kappa shape index (κ3) is 3.92. The zero-order valence-corrected chi connectivity index (χ0v) is 17.5. The zero-order chi connectivity index (χ0) is 20.4. The first-order valence-corrected chi connectivity index (χ1v) is 10.4. The van der Waals surface area contributed by atoms with Gasteiger partial charge in [0, 0.05) is 25.9 Å². The topological polar surface area (TPSA) is 47.4 Å². The summed E-state index contributed by atoms with van der Waals surface area (Å²) in [4.78, 5) is 20.6. The zero-order valence-electron chi connectivity index (χ0n) is 17.5. The van der Waals surface area contributed by atoms with E-state index in [1.165, 1.54) is 24.8 Å². The minimum Gasteiger partial charge on any atom is -0.383 e. The maximum atomic E-state index is 13.5. The van der Waals surface area contributed by atoms with Crippen LogP contribution in [0.15, 0.2) is 53.3 Å². The number of hydrogen-bond acceptors (Lipinski definition) is 4. The van der Waals surface area contributed by atoms with Gasteiger partial charge in [-0.15, -0.1) is 0 Å². The summed E-state index contributed by atoms with van der Waals surface area (Å²) in [6.45, 7) is 2.37. The lowest BCUT2D eigenvalue weighted by molar-refractivity contribution is 0.152. The fourth-order valence-electron chi connectivity index (χ4n) is 4.24. The van der Waals surface area contributed by atoms with Gasteiger partial charge >= 0.3 is 0 Å². The van der Waals surface area contributed by atoms with Gasteiger partial charge in [0.1, 0.15) is 5.82 Å². The van der Waals surface area contributed by atoms with E-state index in [0.29, 0.717) is 18.0 Å². The lowest BCUT2D eigenvalue weighted by Gasteiger charge is -2.36. The van der Waals surface area contributed by atoms with Crippen molar-refractivity contribution < 1.29 is 4.74 Å². The van der Waals surface area contributed by atoms with Gasteiger partial charge < -0.3 is 9.64 Å². The van der Waals surface area contributed by atoms with Gasteiger partial charge in [-0.25, -0.2) is 4.98 Å². The van der Waals surface area contributed by atoms with E-state index in [2.05, 4.69) is 30.1 Å². The Morgan fingerprint density at radius 2 is 1.97 bits per heavy atom. The number of aromatic nitrogens is 2. The summed E-state index contributed by atoms with van der Waals surface area (Å²) in [7, 11) is 3.80. The average molecular weight is 392 g/mol. The molecule has 1 aliphatic rings. The fraction of sp³-hybridized carbons (Fsp3) is 0.417. The van der Waals surface area contributed by atoms with E-state index in [0.717, 1.165) is 23.4 Å². The highest BCUT2D eigenvalue weighted by Crippen LogP contribution is 2.29. The van der Waals surface area contributed by atoms with Crippen LogP contribution in [0.5, 0.6) is 0 Å². The number of anilines is 1. The standard InChI is InChI=1S/C24H29N3O2/c1-17-25-23-13-12-20(26(2)19-10-7-11-19)15-22(23)24(28)27(17)21(16-29-3)14-18-8-5-4-6-9-18/h4-6,8-9,12-13,15,19,21H,7,10-11,14,16H2,1-3H3/t21-/m0/s1. The van der Waals surface area contributed by atoms with Crippen LogP contribution < -0.4 is 10.5 Å². The number of ether oxygens (including phenoxy) is 1. The Morgan fingerprint density at radius 3 is 2.62 bits per heavy atom. The van der Waals surface area contributed by atoms with Crippen molar-refractivity contribution in [3.05, 3.63) is 70.3 Å². The van der Waals surface area contributed by atoms with Crippen LogP contribution in [0.1, 0.15) is 36.7 Å². The van der Waals surface area contributed by atoms with Crippen molar-refractivity contribution in [1.82, 2.24) is 9.55 Å². The average Bonchev–Trinajstić information content (AvgIpc) is 2.67. The summed E-state index contributed by atoms with van der Waals surface area (Å²) >= 11 is 0. The molecule has 0 saturated heterocycles. The maximum Gasteiger partial charge on any atom is 0.261 e. The first-order valence-electron chi connectivity index (χ1n) is 10.4. The highest BCUT2D eigenvalue weighted by Gasteiger charge is 2.23. The molecule has 0 bridgehead atoms. The molecule has 1 aromatic heterocycles. The normalized spacial score (nSPS) is 15.3. The molecule has 4 rings (SSSR count). The molecule has 1 heterocycles. The molecule has 3 aromatic rings. The highest BCUT2D eigenvalue weighted by atomic mass is 16.5. The molecule has 0 amide bonds. The van der Waals surface area contributed by atoms with Crippen molar-refractivity contribution >= 4 is 16.6 Å². The van der Waals surface area contributed by atoms with Crippen LogP contribution in [0.3, 0.4) is 0 Å². The van der Waals surface area contributed by atoms with Crippen LogP contribution in [0.4, 0.5) is 5.69 Å². The van der Waals surface area contributed by atoms with E-state index in [1.807, 2.05) is 41.8 Å². The van der Waals surface area contributed by atoms with Gasteiger partial charge in [0.15, 0.2) is 0 Å². The Bertz CT molecular complexity index is 1040. The van der Waals surface area contributed by atoms with Crippen molar-refractivity contribution in [2.75, 3.05) is 25.7 Å². The van der Waals surface area contributed by atoms with Gasteiger partial charge in [-0.2, -0.15) is 0 Å². The van der Waals surface area contributed by atoms with Crippen LogP contribution in [0, 0.1) is 6.92 Å². The summed E-state index contributed by atoms with van der Waals surface area (Å²) in [6.07, 6.45) is 4.45. The minimum absolute atomic E-state index is 0.00865. The summed E-state index contributed by atoms with van der Waals surface area (Å²) < 4.78 is 7.28. The fourth-order valence-corrected chi connectivity index (χ4v) is 4.24. The van der Waals surface area contributed by atoms with Crippen molar-refractivity contribution in [3.63, 3.8) is 0 Å². The molecule has 1 saturated carbocycles. The number of hydrogen-bond donors (Lipinski definition) is 0. The van der Waals surface area contributed by atoms with Crippen LogP contribution in [0.2, 0.25) is 0 Å². The summed E-state index contributed by atoms with van der Waals surface area (Å²) in [5.74, 6) is 0.723. The number of aryl methyl sites for hydroxylation is 1. The van der Waals surface area contributed by atoms with Gasteiger partial charge in [0.2, 0.25) is 0 Å². The van der Waals surface area contributed by atoms with Crippen molar-refractivity contribution in [2.45, 2.75) is 44.7 Å². The molecule has 1 atom stereocenters. The van der Waals surface area contributed by atoms with E-state index in [-0.39, 0.29) is 11.6 Å². The second-order valence-electron chi connectivity index (χ2n) is 8.03. The molecule has 5 nitrogen and oxygen atoms in total. The van der Waals surface area contributed by atoms with Gasteiger partial charge in [-0.05, 0) is 56.4 Å². The Kier molecular flexibility index (Phi) is 5.67. The molecule has 0 spiro atoms. The van der Waals surface area contributed by atoms with Crippen molar-refractivity contribution in [1.29, 1.82) is 0 Å². The highest BCUT2D eigenvalue weighted by molar-refractivity contribution is 5.82. The van der Waals surface area contributed by atoms with Crippen LogP contribution >= 0.6 is 0 Å². The molecule has 0 N–H and O–H groups in total. The Morgan fingerprint density at radius 1 is 1.21 bits per heavy atom. The number of methoxy groups -OCH3 is 1. The smallest absolute Gasteiger partial charge is 0.261 e. The Labute approximate surface area is 171 Å². The monoisotopic (exact) mass is 391 g/mol. The summed E-state index contributed by atoms with van der Waals surface area (Å²) in [5.41, 5.74) is 3.03. The minimum atomic E-state index is -0.0974. The number of nitrogens with zero attached hydrogens (tertiary/aromatic N) is 3. The number of rotatable bonds is 7. The van der Waals surface area contributed by atoms with E-state index in [4.69, 9.17) is 9.72 Å². The third-order valence-electron chi connectivity index (χ3n) is 6.13. The molecular formula is C24H29N3O2. The quantitative estimate of drug-likeness (QED) is 0.608. The Hall–Kier alpha value is -2.66. The largest absolute Gasteiger partial charge is 0.383 e. The first kappa shape index (κ1) is 19.6. The molecule has 5 heteroatoms. The van der Waals surface area contributed by atoms with Gasteiger partial charge in [-0.3, -0.25) is 9.36 Å². The van der Waals surface area contributed by atoms with Crippen LogP contribution in [0.25, 0.3) is 10.9 Å². The second-order valence-corrected chi connectivity index (χ2v) is 8.03. The lowest BCUT2D eigenvalue weighted by atomic mass is 9.91. The number of benzene rings is 2. The lowest BCUT2D eigenvalue weighted by Crippen LogP contribution is -2.37. The molecule has 0 aliphatic heterocycles. The van der Waals surface area contributed by atoms with Crippen molar-refractivity contribution in [3.8, 4) is 0 Å². The van der Waals surface area contributed by atoms with Gasteiger partial charge in [0.05, 0.1) is 23.6 Å². The molecule has 1 aliphatic carbocycles. The Balaban J connectivity index is 1.76. The predicted molar refractivity (Wildman–Crippen MR) is 118 cm³/mol. The molecular weight excluding hydrogens is 362 g/mol. The van der Waals surface area contributed by atoms with E-state index in [1.54, 1.807) is 7.11 Å². The molecule has 152 valence electrons. The number of fused-ring (bicyclic) bond motifs is 1. The molecule has 1 fully saturated rings. The summed E-state index contributed by atoms with van der Waals surface area (Å²) in [5, 5.41) is 0.674. The van der Waals surface area contributed by atoms with Crippen molar-refractivity contribution in [2.24, 2.45) is 0 Å².